The van der Waals surface area contributed by atoms with Crippen molar-refractivity contribution in [2.45, 2.75) is 322 Å². The van der Waals surface area contributed by atoms with Gasteiger partial charge in [-0.3, -0.25) is 9.59 Å². The second kappa shape index (κ2) is 59.2. The molecule has 0 aromatic heterocycles. The second-order valence-corrected chi connectivity index (χ2v) is 20.2. The first-order valence-corrected chi connectivity index (χ1v) is 30.2. The maximum absolute atomic E-state index is 12.9. The molecule has 0 fully saturated rings. The minimum atomic E-state index is -0.538. The van der Waals surface area contributed by atoms with Gasteiger partial charge in [0.15, 0.2) is 6.10 Å². The van der Waals surface area contributed by atoms with Crippen LogP contribution in [0.25, 0.3) is 0 Å². The molecule has 0 saturated heterocycles. The number of carbonyl (C=O) groups excluding carboxylic acids is 2. The third-order valence-corrected chi connectivity index (χ3v) is 13.4. The standard InChI is InChI=1S/C63H116O5/c1-4-7-10-13-16-19-22-25-27-29-31-33-35-37-40-43-46-49-52-55-58-66-59-61(68-63(65)57-54-51-48-45-42-38-24-21-18-15-12-9-6-3)60-67-62(64)56-53-50-47-44-41-39-36-34-32-30-28-26-23-20-17-14-11-8-5-2/h7,10,16,19,25,27,31,33,61H,4-6,8-9,11-15,17-18,20-24,26,28-30,32,34-60H2,1-3H3/b10-7-,19-16-,27-25-,33-31-. The van der Waals surface area contributed by atoms with Crippen molar-refractivity contribution in [3.8, 4) is 0 Å². The van der Waals surface area contributed by atoms with Gasteiger partial charge < -0.3 is 14.2 Å². The first-order valence-electron chi connectivity index (χ1n) is 30.2. The SMILES string of the molecule is CC/C=C\C/C=C\C/C=C\C/C=C\CCCCCCCCCOCC(COC(=O)CCCCCCCCCCCCCCCCCCCCC)OC(=O)CCCCCCCCCCCCCCC. The normalized spacial score (nSPS) is 12.5. The number of hydrogen-bond acceptors (Lipinski definition) is 5. The van der Waals surface area contributed by atoms with E-state index in [-0.39, 0.29) is 25.2 Å². The van der Waals surface area contributed by atoms with Crippen molar-refractivity contribution < 1.29 is 23.8 Å². The van der Waals surface area contributed by atoms with Crippen LogP contribution in [0, 0.1) is 0 Å². The fourth-order valence-corrected chi connectivity index (χ4v) is 8.92. The average molecular weight is 954 g/mol. The molecule has 0 spiro atoms. The average Bonchev–Trinajstić information content (AvgIpc) is 3.34. The molecule has 0 saturated carbocycles. The van der Waals surface area contributed by atoms with Crippen molar-refractivity contribution >= 4 is 11.9 Å². The maximum atomic E-state index is 12.9. The van der Waals surface area contributed by atoms with E-state index in [0.717, 1.165) is 64.2 Å². The van der Waals surface area contributed by atoms with E-state index in [2.05, 4.69) is 69.4 Å². The van der Waals surface area contributed by atoms with Crippen molar-refractivity contribution in [1.82, 2.24) is 0 Å². The van der Waals surface area contributed by atoms with Gasteiger partial charge in [0, 0.05) is 19.4 Å². The molecule has 1 unspecified atom stereocenters. The van der Waals surface area contributed by atoms with Gasteiger partial charge in [-0.05, 0) is 57.8 Å². The van der Waals surface area contributed by atoms with Crippen LogP contribution in [0.1, 0.15) is 316 Å². The number of allylic oxidation sites excluding steroid dienone is 8. The molecule has 0 amide bonds. The van der Waals surface area contributed by atoms with E-state index in [1.54, 1.807) is 0 Å². The lowest BCUT2D eigenvalue weighted by Crippen LogP contribution is -2.30. The predicted molar refractivity (Wildman–Crippen MR) is 298 cm³/mol. The molecule has 5 heteroatoms. The highest BCUT2D eigenvalue weighted by Gasteiger charge is 2.17. The Morgan fingerprint density at radius 2 is 0.662 bits per heavy atom. The number of unbranched alkanes of at least 4 members (excludes halogenated alkanes) is 37. The summed E-state index contributed by atoms with van der Waals surface area (Å²) in [6, 6.07) is 0. The Hall–Kier alpha value is -2.14. The van der Waals surface area contributed by atoms with Crippen LogP contribution in [0.15, 0.2) is 48.6 Å². The number of carbonyl (C=O) groups is 2. The molecule has 0 aliphatic rings. The molecule has 0 aromatic carbocycles. The third kappa shape index (κ3) is 56.4. The van der Waals surface area contributed by atoms with E-state index in [0.29, 0.717) is 19.4 Å². The van der Waals surface area contributed by atoms with Gasteiger partial charge in [-0.15, -0.1) is 0 Å². The van der Waals surface area contributed by atoms with Gasteiger partial charge in [-0.25, -0.2) is 0 Å². The number of esters is 2. The molecule has 1 atom stereocenters. The van der Waals surface area contributed by atoms with Crippen LogP contribution >= 0.6 is 0 Å². The lowest BCUT2D eigenvalue weighted by molar-refractivity contribution is -0.163. The van der Waals surface area contributed by atoms with Crippen LogP contribution in [-0.2, 0) is 23.8 Å². The Bertz CT molecular complexity index is 1120. The summed E-state index contributed by atoms with van der Waals surface area (Å²) in [5.74, 6) is -0.383. The van der Waals surface area contributed by atoms with Gasteiger partial charge >= 0.3 is 11.9 Å². The lowest BCUT2D eigenvalue weighted by Gasteiger charge is -2.18. The molecule has 0 aliphatic carbocycles. The molecule has 5 nitrogen and oxygen atoms in total. The molecule has 0 heterocycles. The van der Waals surface area contributed by atoms with Gasteiger partial charge in [-0.2, -0.15) is 0 Å². The quantitative estimate of drug-likeness (QED) is 0.0345. The smallest absolute Gasteiger partial charge is 0.306 e. The highest BCUT2D eigenvalue weighted by molar-refractivity contribution is 5.70. The fraction of sp³-hybridized carbons (Fsp3) is 0.841. The lowest BCUT2D eigenvalue weighted by atomic mass is 10.0. The number of rotatable bonds is 56. The molecule has 0 aromatic rings. The second-order valence-electron chi connectivity index (χ2n) is 20.2. The van der Waals surface area contributed by atoms with Gasteiger partial charge in [0.25, 0.3) is 0 Å². The Morgan fingerprint density at radius 3 is 1.06 bits per heavy atom. The summed E-state index contributed by atoms with van der Waals surface area (Å²) in [7, 11) is 0. The highest BCUT2D eigenvalue weighted by Crippen LogP contribution is 2.17. The number of hydrogen-bond donors (Lipinski definition) is 0. The zero-order chi connectivity index (χ0) is 49.2. The van der Waals surface area contributed by atoms with Crippen LogP contribution in [0.4, 0.5) is 0 Å². The van der Waals surface area contributed by atoms with Crippen LogP contribution < -0.4 is 0 Å². The van der Waals surface area contributed by atoms with Crippen LogP contribution in [0.5, 0.6) is 0 Å². The zero-order valence-corrected chi connectivity index (χ0v) is 45.9. The van der Waals surface area contributed by atoms with E-state index in [9.17, 15) is 9.59 Å². The summed E-state index contributed by atoms with van der Waals surface area (Å²) in [4.78, 5) is 25.5. The topological polar surface area (TPSA) is 61.8 Å². The molecule has 68 heavy (non-hydrogen) atoms. The van der Waals surface area contributed by atoms with Crippen molar-refractivity contribution in [3.05, 3.63) is 48.6 Å². The van der Waals surface area contributed by atoms with Crippen molar-refractivity contribution in [3.63, 3.8) is 0 Å². The third-order valence-electron chi connectivity index (χ3n) is 13.4. The van der Waals surface area contributed by atoms with Crippen LogP contribution in [0.3, 0.4) is 0 Å². The first kappa shape index (κ1) is 65.9. The van der Waals surface area contributed by atoms with E-state index >= 15 is 0 Å². The summed E-state index contributed by atoms with van der Waals surface area (Å²) < 4.78 is 17.5. The minimum Gasteiger partial charge on any atom is -0.462 e. The van der Waals surface area contributed by atoms with Crippen LogP contribution in [0.2, 0.25) is 0 Å². The molecule has 0 aliphatic heterocycles. The summed E-state index contributed by atoms with van der Waals surface area (Å²) in [5.41, 5.74) is 0. The highest BCUT2D eigenvalue weighted by atomic mass is 16.6. The van der Waals surface area contributed by atoms with E-state index in [1.165, 1.54) is 218 Å². The minimum absolute atomic E-state index is 0.0865. The fourth-order valence-electron chi connectivity index (χ4n) is 8.92. The molecular weight excluding hydrogens is 837 g/mol. The molecule has 0 rings (SSSR count). The van der Waals surface area contributed by atoms with Crippen molar-refractivity contribution in [2.24, 2.45) is 0 Å². The summed E-state index contributed by atoms with van der Waals surface area (Å²) in [6.07, 6.45) is 74.2. The van der Waals surface area contributed by atoms with E-state index < -0.39 is 6.10 Å². The van der Waals surface area contributed by atoms with Gasteiger partial charge in [0.05, 0.1) is 6.61 Å². The molecule has 0 radical (unpaired) electrons. The van der Waals surface area contributed by atoms with Crippen molar-refractivity contribution in [1.29, 1.82) is 0 Å². The number of ether oxygens (including phenoxy) is 3. The Kier molecular flexibility index (Phi) is 57.3. The predicted octanol–water partition coefficient (Wildman–Crippen LogP) is 20.7. The van der Waals surface area contributed by atoms with E-state index in [1.807, 2.05) is 0 Å². The van der Waals surface area contributed by atoms with Crippen LogP contribution in [-0.4, -0.2) is 37.9 Å². The summed E-state index contributed by atoms with van der Waals surface area (Å²) in [6.45, 7) is 7.76. The largest absolute Gasteiger partial charge is 0.462 e. The van der Waals surface area contributed by atoms with Crippen molar-refractivity contribution in [2.75, 3.05) is 19.8 Å². The Morgan fingerprint density at radius 1 is 0.338 bits per heavy atom. The maximum Gasteiger partial charge on any atom is 0.306 e. The molecule has 398 valence electrons. The summed E-state index contributed by atoms with van der Waals surface area (Å²) >= 11 is 0. The molecular formula is C63H116O5. The summed E-state index contributed by atoms with van der Waals surface area (Å²) in [5, 5.41) is 0. The van der Waals surface area contributed by atoms with Gasteiger partial charge in [-0.1, -0.05) is 294 Å². The Balaban J connectivity index is 4.21. The van der Waals surface area contributed by atoms with Gasteiger partial charge in [0.2, 0.25) is 0 Å². The zero-order valence-electron chi connectivity index (χ0n) is 45.9. The monoisotopic (exact) mass is 953 g/mol. The molecule has 0 N–H and O–H groups in total. The Labute approximate surface area is 424 Å². The van der Waals surface area contributed by atoms with E-state index in [4.69, 9.17) is 14.2 Å². The van der Waals surface area contributed by atoms with Gasteiger partial charge in [0.1, 0.15) is 6.61 Å². The molecule has 0 bridgehead atoms. The first-order chi connectivity index (χ1) is 33.6.